The molecule has 0 spiro atoms. The van der Waals surface area contributed by atoms with E-state index in [1.54, 1.807) is 12.1 Å². The predicted octanol–water partition coefficient (Wildman–Crippen LogP) is 3.36. The number of hydrogen-bond donors (Lipinski definition) is 1. The number of likely N-dealkylation sites (tertiary alicyclic amines) is 1. The van der Waals surface area contributed by atoms with Crippen molar-refractivity contribution in [3.63, 3.8) is 0 Å². The lowest BCUT2D eigenvalue weighted by molar-refractivity contribution is 0.140. The number of nitrogens with two attached hydrogens (primary N) is 1. The van der Waals surface area contributed by atoms with Gasteiger partial charge in [-0.2, -0.15) is 0 Å². The summed E-state index contributed by atoms with van der Waals surface area (Å²) in [5.41, 5.74) is 7.00. The number of nitrogens with zero attached hydrogens (tertiary/aromatic N) is 1. The molecular formula is C15H22F2N2. The SMILES string of the molecule is CC1CCN(C(CN)c2ccc(C(F)F)cc2)CC1. The van der Waals surface area contributed by atoms with Crippen molar-refractivity contribution in [3.8, 4) is 0 Å². The van der Waals surface area contributed by atoms with Gasteiger partial charge in [-0.25, -0.2) is 8.78 Å². The van der Waals surface area contributed by atoms with E-state index in [9.17, 15) is 8.78 Å². The molecule has 2 nitrogen and oxygen atoms in total. The van der Waals surface area contributed by atoms with E-state index >= 15 is 0 Å². The van der Waals surface area contributed by atoms with Crippen LogP contribution in [0.4, 0.5) is 8.78 Å². The summed E-state index contributed by atoms with van der Waals surface area (Å²) >= 11 is 0. The number of rotatable bonds is 4. The highest BCUT2D eigenvalue weighted by atomic mass is 19.3. The Balaban J connectivity index is 2.08. The van der Waals surface area contributed by atoms with Crippen LogP contribution in [0.1, 0.15) is 43.4 Å². The van der Waals surface area contributed by atoms with Crippen molar-refractivity contribution in [3.05, 3.63) is 35.4 Å². The zero-order chi connectivity index (χ0) is 13.8. The van der Waals surface area contributed by atoms with Crippen molar-refractivity contribution in [2.24, 2.45) is 11.7 Å². The Labute approximate surface area is 113 Å². The van der Waals surface area contributed by atoms with E-state index < -0.39 is 6.43 Å². The molecule has 0 saturated carbocycles. The standard InChI is InChI=1S/C15H22F2N2/c1-11-6-8-19(9-7-11)14(10-18)12-2-4-13(5-3-12)15(16)17/h2-5,11,14-15H,6-10,18H2,1H3. The van der Waals surface area contributed by atoms with Crippen LogP contribution in [0, 0.1) is 5.92 Å². The van der Waals surface area contributed by atoms with Crippen molar-refractivity contribution in [2.45, 2.75) is 32.2 Å². The molecule has 1 unspecified atom stereocenters. The summed E-state index contributed by atoms with van der Waals surface area (Å²) in [6, 6.07) is 6.75. The number of hydrogen-bond acceptors (Lipinski definition) is 2. The smallest absolute Gasteiger partial charge is 0.263 e. The van der Waals surface area contributed by atoms with E-state index in [0.29, 0.717) is 6.54 Å². The third-order valence-corrected chi connectivity index (χ3v) is 4.06. The first-order valence-corrected chi connectivity index (χ1v) is 6.94. The minimum absolute atomic E-state index is 0.0757. The normalized spacial score (nSPS) is 19.8. The van der Waals surface area contributed by atoms with Crippen LogP contribution in [0.15, 0.2) is 24.3 Å². The van der Waals surface area contributed by atoms with Gasteiger partial charge in [0.2, 0.25) is 0 Å². The Bertz CT molecular complexity index is 384. The van der Waals surface area contributed by atoms with Crippen LogP contribution in [-0.4, -0.2) is 24.5 Å². The van der Waals surface area contributed by atoms with E-state index in [1.807, 2.05) is 0 Å². The minimum atomic E-state index is -2.40. The molecule has 0 aromatic heterocycles. The molecule has 1 saturated heterocycles. The van der Waals surface area contributed by atoms with E-state index in [4.69, 9.17) is 5.73 Å². The van der Waals surface area contributed by atoms with Gasteiger partial charge in [-0.1, -0.05) is 31.2 Å². The molecule has 0 amide bonds. The summed E-state index contributed by atoms with van der Waals surface area (Å²) in [7, 11) is 0. The number of alkyl halides is 2. The topological polar surface area (TPSA) is 29.3 Å². The summed E-state index contributed by atoms with van der Waals surface area (Å²) in [6.07, 6.45) is -0.0294. The summed E-state index contributed by atoms with van der Waals surface area (Å²) in [5.74, 6) is 0.774. The summed E-state index contributed by atoms with van der Waals surface area (Å²) in [6.45, 7) is 4.88. The Hall–Kier alpha value is -1.00. The van der Waals surface area contributed by atoms with Gasteiger partial charge in [0.25, 0.3) is 6.43 Å². The lowest BCUT2D eigenvalue weighted by Gasteiger charge is -2.36. The van der Waals surface area contributed by atoms with Crippen LogP contribution < -0.4 is 5.73 Å². The number of halogens is 2. The lowest BCUT2D eigenvalue weighted by Crippen LogP contribution is -2.39. The van der Waals surface area contributed by atoms with Crippen LogP contribution in [-0.2, 0) is 0 Å². The van der Waals surface area contributed by atoms with Gasteiger partial charge in [0.05, 0.1) is 0 Å². The molecule has 106 valence electrons. The third-order valence-electron chi connectivity index (χ3n) is 4.06. The molecular weight excluding hydrogens is 246 g/mol. The van der Waals surface area contributed by atoms with Crippen molar-refractivity contribution < 1.29 is 8.78 Å². The predicted molar refractivity (Wildman–Crippen MR) is 73.2 cm³/mol. The molecule has 19 heavy (non-hydrogen) atoms. The van der Waals surface area contributed by atoms with E-state index in [-0.39, 0.29) is 11.6 Å². The van der Waals surface area contributed by atoms with Crippen LogP contribution in [0.25, 0.3) is 0 Å². The third kappa shape index (κ3) is 3.51. The molecule has 0 bridgehead atoms. The van der Waals surface area contributed by atoms with E-state index in [1.165, 1.54) is 25.0 Å². The molecule has 0 aliphatic carbocycles. The van der Waals surface area contributed by atoms with Crippen LogP contribution in [0.5, 0.6) is 0 Å². The lowest BCUT2D eigenvalue weighted by atomic mass is 9.95. The second-order valence-electron chi connectivity index (χ2n) is 5.44. The molecule has 1 fully saturated rings. The fraction of sp³-hybridized carbons (Fsp3) is 0.600. The van der Waals surface area contributed by atoms with Gasteiger partial charge >= 0.3 is 0 Å². The molecule has 0 radical (unpaired) electrons. The Morgan fingerprint density at radius 2 is 1.68 bits per heavy atom. The molecule has 4 heteroatoms. The average molecular weight is 268 g/mol. The van der Waals surface area contributed by atoms with Gasteiger partial charge in [0.15, 0.2) is 0 Å². The Morgan fingerprint density at radius 3 is 2.16 bits per heavy atom. The highest BCUT2D eigenvalue weighted by Gasteiger charge is 2.23. The first-order chi connectivity index (χ1) is 9.11. The van der Waals surface area contributed by atoms with Crippen LogP contribution >= 0.6 is 0 Å². The fourth-order valence-electron chi connectivity index (χ4n) is 2.70. The first-order valence-electron chi connectivity index (χ1n) is 6.94. The maximum Gasteiger partial charge on any atom is 0.263 e. The summed E-state index contributed by atoms with van der Waals surface area (Å²) < 4.78 is 25.1. The van der Waals surface area contributed by atoms with E-state index in [0.717, 1.165) is 24.6 Å². The largest absolute Gasteiger partial charge is 0.329 e. The molecule has 2 rings (SSSR count). The van der Waals surface area contributed by atoms with Gasteiger partial charge < -0.3 is 5.73 Å². The second kappa shape index (κ2) is 6.44. The summed E-state index contributed by atoms with van der Waals surface area (Å²) in [5, 5.41) is 0. The maximum atomic E-state index is 12.5. The highest BCUT2D eigenvalue weighted by molar-refractivity contribution is 5.26. The first kappa shape index (κ1) is 14.4. The molecule has 1 aliphatic rings. The van der Waals surface area contributed by atoms with Crippen molar-refractivity contribution in [1.29, 1.82) is 0 Å². The van der Waals surface area contributed by atoms with Crippen LogP contribution in [0.3, 0.4) is 0 Å². The molecule has 1 atom stereocenters. The quantitative estimate of drug-likeness (QED) is 0.907. The molecule has 1 aliphatic heterocycles. The van der Waals surface area contributed by atoms with Gasteiger partial charge in [-0.05, 0) is 37.4 Å². The average Bonchev–Trinajstić information content (AvgIpc) is 2.42. The van der Waals surface area contributed by atoms with Crippen molar-refractivity contribution in [1.82, 2.24) is 4.90 Å². The zero-order valence-corrected chi connectivity index (χ0v) is 11.4. The summed E-state index contributed by atoms with van der Waals surface area (Å²) in [4.78, 5) is 2.37. The maximum absolute atomic E-state index is 12.5. The zero-order valence-electron chi connectivity index (χ0n) is 11.4. The molecule has 1 aromatic rings. The monoisotopic (exact) mass is 268 g/mol. The Kier molecular flexibility index (Phi) is 4.88. The van der Waals surface area contributed by atoms with Gasteiger partial charge in [-0.15, -0.1) is 0 Å². The van der Waals surface area contributed by atoms with Crippen molar-refractivity contribution >= 4 is 0 Å². The fourth-order valence-corrected chi connectivity index (χ4v) is 2.70. The molecule has 2 N–H and O–H groups in total. The highest BCUT2D eigenvalue weighted by Crippen LogP contribution is 2.27. The molecule has 1 aromatic carbocycles. The van der Waals surface area contributed by atoms with Gasteiger partial charge in [0.1, 0.15) is 0 Å². The number of piperidine rings is 1. The number of benzene rings is 1. The minimum Gasteiger partial charge on any atom is -0.329 e. The second-order valence-corrected chi connectivity index (χ2v) is 5.44. The van der Waals surface area contributed by atoms with E-state index in [2.05, 4.69) is 11.8 Å². The molecule has 1 heterocycles. The van der Waals surface area contributed by atoms with Gasteiger partial charge in [-0.3, -0.25) is 4.90 Å². The van der Waals surface area contributed by atoms with Gasteiger partial charge in [0, 0.05) is 18.2 Å². The van der Waals surface area contributed by atoms with Crippen LogP contribution in [0.2, 0.25) is 0 Å². The van der Waals surface area contributed by atoms with Crippen molar-refractivity contribution in [2.75, 3.05) is 19.6 Å². The Morgan fingerprint density at radius 1 is 1.16 bits per heavy atom.